The van der Waals surface area contributed by atoms with Crippen molar-refractivity contribution in [2.45, 2.75) is 35.6 Å². The molecular weight excluding hydrogens is 472 g/mol. The molecule has 2 aliphatic rings. The van der Waals surface area contributed by atoms with Crippen LogP contribution in [0.5, 0.6) is 11.5 Å². The zero-order valence-corrected chi connectivity index (χ0v) is 18.9. The van der Waals surface area contributed by atoms with Crippen LogP contribution in [0.3, 0.4) is 0 Å². The highest BCUT2D eigenvalue weighted by atomic mass is 32.2. The van der Waals surface area contributed by atoms with Crippen molar-refractivity contribution in [3.05, 3.63) is 64.6 Å². The summed E-state index contributed by atoms with van der Waals surface area (Å²) in [4.78, 5) is 11.0. The molecule has 0 saturated heterocycles. The van der Waals surface area contributed by atoms with E-state index in [1.54, 1.807) is 13.2 Å². The summed E-state index contributed by atoms with van der Waals surface area (Å²) < 4.78 is 65.4. The molecule has 0 radical (unpaired) electrons. The fourth-order valence-electron chi connectivity index (χ4n) is 3.91. The zero-order valence-electron chi connectivity index (χ0n) is 18.1. The van der Waals surface area contributed by atoms with Crippen molar-refractivity contribution >= 4 is 17.7 Å². The Balaban J connectivity index is 1.51. The van der Waals surface area contributed by atoms with Gasteiger partial charge in [0.1, 0.15) is 22.3 Å². The Morgan fingerprint density at radius 1 is 1.15 bits per heavy atom. The van der Waals surface area contributed by atoms with Gasteiger partial charge in [-0.25, -0.2) is 14.4 Å². The van der Waals surface area contributed by atoms with Crippen LogP contribution in [0, 0.1) is 5.82 Å². The topological polar surface area (TPSA) is 59.5 Å². The molecule has 0 spiro atoms. The summed E-state index contributed by atoms with van der Waals surface area (Å²) in [5.74, 6) is 0.807. The lowest BCUT2D eigenvalue weighted by Gasteiger charge is -2.30. The molecule has 0 atom stereocenters. The molecule has 2 aromatic carbocycles. The first-order valence-corrected chi connectivity index (χ1v) is 11.3. The Morgan fingerprint density at radius 3 is 2.79 bits per heavy atom. The Hall–Kier alpha value is -3.05. The Kier molecular flexibility index (Phi) is 5.98. The summed E-state index contributed by atoms with van der Waals surface area (Å²) in [6.45, 7) is 1.80. The van der Waals surface area contributed by atoms with Gasteiger partial charge in [-0.3, -0.25) is 0 Å². The monoisotopic (exact) mass is 492 g/mol. The molecule has 0 amide bonds. The van der Waals surface area contributed by atoms with E-state index in [-0.39, 0.29) is 11.6 Å². The van der Waals surface area contributed by atoms with Gasteiger partial charge >= 0.3 is 6.18 Å². The summed E-state index contributed by atoms with van der Waals surface area (Å²) >= 11 is 0.884. The van der Waals surface area contributed by atoms with E-state index in [1.165, 1.54) is 0 Å². The lowest BCUT2D eigenvalue weighted by Crippen LogP contribution is -2.34. The third kappa shape index (κ3) is 4.49. The smallest absolute Gasteiger partial charge is 0.417 e. The van der Waals surface area contributed by atoms with Gasteiger partial charge < -0.3 is 19.7 Å². The molecule has 1 N–H and O–H groups in total. The molecule has 0 aliphatic carbocycles. The molecule has 5 rings (SSSR count). The number of rotatable bonds is 4. The average molecular weight is 492 g/mol. The first-order valence-electron chi connectivity index (χ1n) is 10.5. The summed E-state index contributed by atoms with van der Waals surface area (Å²) in [5, 5.41) is 3.67. The SMILES string of the molecule is COc1ccc2c(c1)OCN(c1nc3c(c(Sc4ccc(F)cc4C(F)(F)F)n1)CCNC3)C2. The average Bonchev–Trinajstić information content (AvgIpc) is 2.83. The molecule has 3 aromatic rings. The van der Waals surface area contributed by atoms with Crippen LogP contribution in [0.15, 0.2) is 46.3 Å². The van der Waals surface area contributed by atoms with Gasteiger partial charge in [-0.15, -0.1) is 0 Å². The Bertz CT molecular complexity index is 1240. The minimum atomic E-state index is -4.69. The first kappa shape index (κ1) is 22.7. The molecule has 1 aromatic heterocycles. The molecule has 0 saturated carbocycles. The van der Waals surface area contributed by atoms with Crippen LogP contribution in [-0.2, 0) is 25.7 Å². The molecule has 0 fully saturated rings. The maximum Gasteiger partial charge on any atom is 0.417 e. The van der Waals surface area contributed by atoms with Crippen LogP contribution in [0.1, 0.15) is 22.4 Å². The predicted molar refractivity (Wildman–Crippen MR) is 118 cm³/mol. The maximum absolute atomic E-state index is 13.6. The van der Waals surface area contributed by atoms with E-state index < -0.39 is 17.6 Å². The first-order chi connectivity index (χ1) is 16.3. The number of halogens is 4. The summed E-state index contributed by atoms with van der Waals surface area (Å²) in [6, 6.07) is 8.21. The van der Waals surface area contributed by atoms with Crippen molar-refractivity contribution in [2.24, 2.45) is 0 Å². The third-order valence-electron chi connectivity index (χ3n) is 5.64. The van der Waals surface area contributed by atoms with Crippen LogP contribution in [0.2, 0.25) is 0 Å². The largest absolute Gasteiger partial charge is 0.497 e. The van der Waals surface area contributed by atoms with Crippen molar-refractivity contribution in [1.82, 2.24) is 15.3 Å². The second kappa shape index (κ2) is 8.95. The van der Waals surface area contributed by atoms with Crippen LogP contribution in [-0.4, -0.2) is 30.4 Å². The van der Waals surface area contributed by atoms with Crippen molar-refractivity contribution < 1.29 is 27.0 Å². The van der Waals surface area contributed by atoms with Crippen molar-refractivity contribution in [1.29, 1.82) is 0 Å². The van der Waals surface area contributed by atoms with Gasteiger partial charge in [-0.2, -0.15) is 13.2 Å². The van der Waals surface area contributed by atoms with Crippen molar-refractivity contribution in [2.75, 3.05) is 25.3 Å². The standard InChI is InChI=1S/C23H20F4N4O2S/c1-32-15-4-2-13-11-31(12-33-19(13)9-15)22-29-18-10-28-7-6-16(18)21(30-22)34-20-5-3-14(24)8-17(20)23(25,26)27/h2-5,8-9,28H,6-7,10-12H2,1H3. The molecule has 6 nitrogen and oxygen atoms in total. The van der Waals surface area contributed by atoms with Crippen LogP contribution >= 0.6 is 11.8 Å². The highest BCUT2D eigenvalue weighted by molar-refractivity contribution is 7.99. The summed E-state index contributed by atoms with van der Waals surface area (Å²) in [5.41, 5.74) is 1.42. The minimum Gasteiger partial charge on any atom is -0.497 e. The molecule has 0 unspecified atom stereocenters. The summed E-state index contributed by atoms with van der Waals surface area (Å²) in [7, 11) is 1.58. The van der Waals surface area contributed by atoms with E-state index in [0.29, 0.717) is 54.6 Å². The number of methoxy groups -OCH3 is 1. The maximum atomic E-state index is 13.6. The molecule has 2 aliphatic heterocycles. The number of nitrogens with zero attached hydrogens (tertiary/aromatic N) is 3. The van der Waals surface area contributed by atoms with Crippen molar-refractivity contribution in [3.63, 3.8) is 0 Å². The van der Waals surface area contributed by atoms with E-state index in [0.717, 1.165) is 40.7 Å². The van der Waals surface area contributed by atoms with Gasteiger partial charge in [0.15, 0.2) is 6.73 Å². The highest BCUT2D eigenvalue weighted by Gasteiger charge is 2.35. The van der Waals surface area contributed by atoms with E-state index in [1.807, 2.05) is 17.0 Å². The van der Waals surface area contributed by atoms with Gasteiger partial charge in [0.25, 0.3) is 0 Å². The fraction of sp³-hybridized carbons (Fsp3) is 0.304. The number of fused-ring (bicyclic) bond motifs is 2. The highest BCUT2D eigenvalue weighted by Crippen LogP contribution is 2.41. The van der Waals surface area contributed by atoms with E-state index in [9.17, 15) is 17.6 Å². The van der Waals surface area contributed by atoms with Gasteiger partial charge in [-0.1, -0.05) is 11.8 Å². The number of hydrogen-bond acceptors (Lipinski definition) is 7. The predicted octanol–water partition coefficient (Wildman–Crippen LogP) is 4.80. The zero-order chi connectivity index (χ0) is 23.9. The van der Waals surface area contributed by atoms with Crippen LogP contribution < -0.4 is 19.7 Å². The lowest BCUT2D eigenvalue weighted by molar-refractivity contribution is -0.139. The van der Waals surface area contributed by atoms with Gasteiger partial charge in [0, 0.05) is 28.6 Å². The van der Waals surface area contributed by atoms with E-state index in [2.05, 4.69) is 15.3 Å². The number of ether oxygens (including phenoxy) is 2. The van der Waals surface area contributed by atoms with Crippen LogP contribution in [0.25, 0.3) is 0 Å². The van der Waals surface area contributed by atoms with E-state index >= 15 is 0 Å². The minimum absolute atomic E-state index is 0.105. The fourth-order valence-corrected chi connectivity index (χ4v) is 5.01. The second-order valence-corrected chi connectivity index (χ2v) is 8.90. The molecule has 178 valence electrons. The van der Waals surface area contributed by atoms with Crippen molar-refractivity contribution in [3.8, 4) is 11.5 Å². The molecule has 3 heterocycles. The number of aromatic nitrogens is 2. The number of nitrogens with one attached hydrogen (secondary N) is 1. The summed E-state index contributed by atoms with van der Waals surface area (Å²) in [6.07, 6.45) is -4.10. The van der Waals surface area contributed by atoms with Gasteiger partial charge in [0.05, 0.1) is 24.9 Å². The number of benzene rings is 2. The Morgan fingerprint density at radius 2 is 2.00 bits per heavy atom. The number of anilines is 1. The molecule has 11 heteroatoms. The molecule has 0 bridgehead atoms. The number of hydrogen-bond donors (Lipinski definition) is 1. The second-order valence-electron chi connectivity index (χ2n) is 7.87. The van der Waals surface area contributed by atoms with Gasteiger partial charge in [0.2, 0.25) is 5.95 Å². The Labute approximate surface area is 197 Å². The number of alkyl halides is 3. The normalized spacial score (nSPS) is 15.4. The quantitative estimate of drug-likeness (QED) is 0.415. The van der Waals surface area contributed by atoms with Crippen LogP contribution in [0.4, 0.5) is 23.5 Å². The molecule has 34 heavy (non-hydrogen) atoms. The van der Waals surface area contributed by atoms with E-state index in [4.69, 9.17) is 9.47 Å². The lowest BCUT2D eigenvalue weighted by atomic mass is 10.1. The third-order valence-corrected chi connectivity index (χ3v) is 6.74. The molecular formula is C23H20F4N4O2S. The van der Waals surface area contributed by atoms with Gasteiger partial charge in [-0.05, 0) is 43.3 Å².